The number of rotatable bonds is 4. The van der Waals surface area contributed by atoms with Gasteiger partial charge < -0.3 is 5.32 Å². The van der Waals surface area contributed by atoms with E-state index in [1.165, 1.54) is 4.88 Å². The molecule has 0 radical (unpaired) electrons. The van der Waals surface area contributed by atoms with Gasteiger partial charge in [0.2, 0.25) is 0 Å². The molecule has 1 atom stereocenters. The van der Waals surface area contributed by atoms with Gasteiger partial charge in [-0.1, -0.05) is 35.9 Å². The Labute approximate surface area is 105 Å². The Morgan fingerprint density at radius 1 is 1.25 bits per heavy atom. The van der Waals surface area contributed by atoms with Crippen LogP contribution in [-0.2, 0) is 6.54 Å². The lowest BCUT2D eigenvalue weighted by Gasteiger charge is -2.12. The largest absolute Gasteiger partial charge is 0.305 e. The van der Waals surface area contributed by atoms with Crippen molar-refractivity contribution in [3.8, 4) is 0 Å². The summed E-state index contributed by atoms with van der Waals surface area (Å²) >= 11 is 7.87. The van der Waals surface area contributed by atoms with Gasteiger partial charge in [-0.2, -0.15) is 0 Å². The van der Waals surface area contributed by atoms with Crippen LogP contribution in [0.5, 0.6) is 0 Å². The van der Waals surface area contributed by atoms with E-state index in [4.69, 9.17) is 11.6 Å². The summed E-state index contributed by atoms with van der Waals surface area (Å²) in [5, 5.41) is 6.40. The molecule has 1 unspecified atom stereocenters. The highest BCUT2D eigenvalue weighted by Gasteiger charge is 2.06. The Morgan fingerprint density at radius 2 is 2.06 bits per heavy atom. The molecule has 3 heteroatoms. The molecule has 0 saturated carbocycles. The lowest BCUT2D eigenvalue weighted by Crippen LogP contribution is -2.17. The van der Waals surface area contributed by atoms with Gasteiger partial charge in [0.05, 0.1) is 0 Å². The third-order valence-electron chi connectivity index (χ3n) is 2.53. The minimum atomic E-state index is 0.372. The van der Waals surface area contributed by atoms with E-state index < -0.39 is 0 Å². The Morgan fingerprint density at radius 3 is 2.75 bits per heavy atom. The zero-order valence-electron chi connectivity index (χ0n) is 9.11. The van der Waals surface area contributed by atoms with Gasteiger partial charge in [-0.3, -0.25) is 0 Å². The number of halogens is 1. The quantitative estimate of drug-likeness (QED) is 0.857. The van der Waals surface area contributed by atoms with E-state index in [0.29, 0.717) is 6.04 Å². The van der Waals surface area contributed by atoms with Crippen LogP contribution in [0.3, 0.4) is 0 Å². The molecule has 2 aromatic rings. The van der Waals surface area contributed by atoms with Gasteiger partial charge in [0, 0.05) is 22.5 Å². The summed E-state index contributed by atoms with van der Waals surface area (Å²) in [4.78, 5) is 1.35. The summed E-state index contributed by atoms with van der Waals surface area (Å²) in [5.41, 5.74) is 1.15. The summed E-state index contributed by atoms with van der Waals surface area (Å²) in [6.45, 7) is 2.97. The highest BCUT2D eigenvalue weighted by atomic mass is 35.5. The van der Waals surface area contributed by atoms with E-state index in [-0.39, 0.29) is 0 Å². The molecule has 0 aliphatic carbocycles. The van der Waals surface area contributed by atoms with Crippen molar-refractivity contribution in [2.45, 2.75) is 19.5 Å². The molecule has 1 nitrogen and oxygen atoms in total. The fraction of sp³-hybridized carbons (Fsp3) is 0.231. The van der Waals surface area contributed by atoms with Gasteiger partial charge in [0.1, 0.15) is 0 Å². The third-order valence-corrected chi connectivity index (χ3v) is 3.95. The molecule has 0 aliphatic rings. The standard InChI is InChI=1S/C13H14ClNS/c1-10(13-7-4-8-16-13)15-9-11-5-2-3-6-12(11)14/h2-8,10,15H,9H2,1H3. The van der Waals surface area contributed by atoms with Gasteiger partial charge in [0.25, 0.3) is 0 Å². The van der Waals surface area contributed by atoms with Crippen molar-refractivity contribution in [3.05, 3.63) is 57.2 Å². The first kappa shape index (κ1) is 11.6. The molecule has 1 aromatic carbocycles. The zero-order valence-corrected chi connectivity index (χ0v) is 10.7. The van der Waals surface area contributed by atoms with Crippen molar-refractivity contribution in [2.75, 3.05) is 0 Å². The van der Waals surface area contributed by atoms with Crippen LogP contribution in [-0.4, -0.2) is 0 Å². The van der Waals surface area contributed by atoms with Crippen LogP contribution < -0.4 is 5.32 Å². The summed E-state index contributed by atoms with van der Waals surface area (Å²) in [7, 11) is 0. The van der Waals surface area contributed by atoms with Gasteiger partial charge in [-0.25, -0.2) is 0 Å². The molecule has 0 amide bonds. The summed E-state index contributed by atoms with van der Waals surface area (Å²) < 4.78 is 0. The Balaban J connectivity index is 1.95. The topological polar surface area (TPSA) is 12.0 Å². The predicted molar refractivity (Wildman–Crippen MR) is 71.0 cm³/mol. The minimum absolute atomic E-state index is 0.372. The van der Waals surface area contributed by atoms with Gasteiger partial charge >= 0.3 is 0 Å². The first-order valence-corrected chi connectivity index (χ1v) is 6.53. The SMILES string of the molecule is CC(NCc1ccccc1Cl)c1cccs1. The van der Waals surface area contributed by atoms with Crippen LogP contribution in [0.4, 0.5) is 0 Å². The fourth-order valence-corrected chi connectivity index (χ4v) is 2.50. The maximum Gasteiger partial charge on any atom is 0.0450 e. The second-order valence-electron chi connectivity index (χ2n) is 3.71. The van der Waals surface area contributed by atoms with Gasteiger partial charge in [-0.15, -0.1) is 11.3 Å². The molecular weight excluding hydrogens is 238 g/mol. The Bertz CT molecular complexity index is 439. The zero-order chi connectivity index (χ0) is 11.4. The van der Waals surface area contributed by atoms with E-state index >= 15 is 0 Å². The second-order valence-corrected chi connectivity index (χ2v) is 5.10. The highest BCUT2D eigenvalue weighted by Crippen LogP contribution is 2.20. The van der Waals surface area contributed by atoms with E-state index in [9.17, 15) is 0 Å². The smallest absolute Gasteiger partial charge is 0.0450 e. The van der Waals surface area contributed by atoms with Crippen LogP contribution in [0.25, 0.3) is 0 Å². The van der Waals surface area contributed by atoms with Crippen LogP contribution in [0.2, 0.25) is 5.02 Å². The van der Waals surface area contributed by atoms with E-state index in [1.54, 1.807) is 11.3 Å². The monoisotopic (exact) mass is 251 g/mol. The molecular formula is C13H14ClNS. The van der Waals surface area contributed by atoms with Gasteiger partial charge in [-0.05, 0) is 30.0 Å². The maximum atomic E-state index is 6.10. The molecule has 1 aromatic heterocycles. The highest BCUT2D eigenvalue weighted by molar-refractivity contribution is 7.10. The van der Waals surface area contributed by atoms with Crippen LogP contribution in [0.1, 0.15) is 23.4 Å². The van der Waals surface area contributed by atoms with Crippen molar-refractivity contribution >= 4 is 22.9 Å². The molecule has 0 aliphatic heterocycles. The Hall–Kier alpha value is -0.830. The van der Waals surface area contributed by atoms with Crippen LogP contribution >= 0.6 is 22.9 Å². The molecule has 1 heterocycles. The number of hydrogen-bond acceptors (Lipinski definition) is 2. The van der Waals surface area contributed by atoms with Crippen molar-refractivity contribution in [1.82, 2.24) is 5.32 Å². The molecule has 1 N–H and O–H groups in total. The third kappa shape index (κ3) is 2.85. The Kier molecular flexibility index (Phi) is 3.99. The lowest BCUT2D eigenvalue weighted by molar-refractivity contribution is 0.583. The fourth-order valence-electron chi connectivity index (χ4n) is 1.54. The second kappa shape index (κ2) is 5.48. The van der Waals surface area contributed by atoms with Crippen molar-refractivity contribution in [2.24, 2.45) is 0 Å². The lowest BCUT2D eigenvalue weighted by atomic mass is 10.2. The van der Waals surface area contributed by atoms with Crippen LogP contribution in [0.15, 0.2) is 41.8 Å². The molecule has 0 saturated heterocycles. The van der Waals surface area contributed by atoms with E-state index in [0.717, 1.165) is 17.1 Å². The maximum absolute atomic E-state index is 6.10. The normalized spacial score (nSPS) is 12.6. The summed E-state index contributed by atoms with van der Waals surface area (Å²) in [6.07, 6.45) is 0. The average Bonchev–Trinajstić information content (AvgIpc) is 2.81. The first-order chi connectivity index (χ1) is 7.77. The molecule has 0 spiro atoms. The molecule has 84 valence electrons. The summed E-state index contributed by atoms with van der Waals surface area (Å²) in [6, 6.07) is 12.5. The summed E-state index contributed by atoms with van der Waals surface area (Å²) in [5.74, 6) is 0. The number of nitrogens with one attached hydrogen (secondary N) is 1. The van der Waals surface area contributed by atoms with Crippen molar-refractivity contribution in [1.29, 1.82) is 0 Å². The first-order valence-electron chi connectivity index (χ1n) is 5.27. The van der Waals surface area contributed by atoms with Crippen LogP contribution in [0, 0.1) is 0 Å². The molecule has 0 bridgehead atoms. The number of thiophene rings is 1. The van der Waals surface area contributed by atoms with E-state index in [2.05, 4.69) is 35.8 Å². The molecule has 16 heavy (non-hydrogen) atoms. The van der Waals surface area contributed by atoms with Crippen molar-refractivity contribution in [3.63, 3.8) is 0 Å². The predicted octanol–water partition coefficient (Wildman–Crippen LogP) is 4.25. The average molecular weight is 252 g/mol. The number of benzene rings is 1. The number of hydrogen-bond donors (Lipinski definition) is 1. The van der Waals surface area contributed by atoms with Crippen molar-refractivity contribution < 1.29 is 0 Å². The molecule has 0 fully saturated rings. The van der Waals surface area contributed by atoms with Gasteiger partial charge in [0.15, 0.2) is 0 Å². The molecule has 2 rings (SSSR count). The minimum Gasteiger partial charge on any atom is -0.305 e. The van der Waals surface area contributed by atoms with E-state index in [1.807, 2.05) is 18.2 Å².